The minimum Gasteiger partial charge on any atom is -0.493 e. The maximum Gasteiger partial charge on any atom is 0.284 e. The molecule has 0 saturated heterocycles. The lowest BCUT2D eigenvalue weighted by Gasteiger charge is -2.19. The first-order chi connectivity index (χ1) is 20.4. The standard InChI is InChI=1S/C29H24F2N6O5/c1-40-23-12-18-20(13-24(23)41-2)33-15-34-28(18)42-17-7-9-25(32-14-17)35-27(38)26-21-5-3-4-10-36(21)37(29(26)39)22-11-16(30)6-8-19(22)31/h6-9,11-15H,3-5,10H2,1-2H3,(H,32,35,38). The molecule has 1 aliphatic heterocycles. The number of methoxy groups -OCH3 is 2. The highest BCUT2D eigenvalue weighted by Gasteiger charge is 2.29. The zero-order valence-corrected chi connectivity index (χ0v) is 22.6. The second-order valence-electron chi connectivity index (χ2n) is 9.45. The Hall–Kier alpha value is -5.33. The maximum atomic E-state index is 14.6. The van der Waals surface area contributed by atoms with Crippen molar-refractivity contribution in [1.29, 1.82) is 0 Å². The lowest BCUT2D eigenvalue weighted by atomic mass is 10.1. The van der Waals surface area contributed by atoms with Gasteiger partial charge in [-0.15, -0.1) is 0 Å². The summed E-state index contributed by atoms with van der Waals surface area (Å²) in [4.78, 5) is 39.5. The van der Waals surface area contributed by atoms with Gasteiger partial charge < -0.3 is 19.5 Å². The van der Waals surface area contributed by atoms with Gasteiger partial charge in [0.2, 0.25) is 5.88 Å². The topological polar surface area (TPSA) is 122 Å². The average Bonchev–Trinajstić information content (AvgIpc) is 3.30. The molecule has 13 heteroatoms. The van der Waals surface area contributed by atoms with E-state index in [2.05, 4.69) is 20.3 Å². The number of pyridine rings is 1. The number of ether oxygens (including phenoxy) is 3. The molecule has 4 heterocycles. The number of anilines is 1. The second kappa shape index (κ2) is 10.9. The third-order valence-corrected chi connectivity index (χ3v) is 6.94. The zero-order valence-electron chi connectivity index (χ0n) is 22.6. The second-order valence-corrected chi connectivity index (χ2v) is 9.45. The number of nitrogens with one attached hydrogen (secondary N) is 1. The molecule has 1 N–H and O–H groups in total. The van der Waals surface area contributed by atoms with Gasteiger partial charge in [-0.2, -0.15) is 0 Å². The summed E-state index contributed by atoms with van der Waals surface area (Å²) in [6, 6.07) is 9.35. The van der Waals surface area contributed by atoms with Crippen LogP contribution in [0.2, 0.25) is 0 Å². The molecular formula is C29H24F2N6O5. The number of carbonyl (C=O) groups excluding carboxylic acids is 1. The summed E-state index contributed by atoms with van der Waals surface area (Å²) in [5.74, 6) is -0.450. The third kappa shape index (κ3) is 4.78. The van der Waals surface area contributed by atoms with E-state index in [0.29, 0.717) is 46.8 Å². The molecule has 0 bridgehead atoms. The van der Waals surface area contributed by atoms with Crippen molar-refractivity contribution >= 4 is 22.6 Å². The van der Waals surface area contributed by atoms with Gasteiger partial charge in [0.1, 0.15) is 40.8 Å². The predicted octanol–water partition coefficient (Wildman–Crippen LogP) is 4.65. The van der Waals surface area contributed by atoms with Crippen LogP contribution in [0.25, 0.3) is 16.6 Å². The normalized spacial score (nSPS) is 12.6. The van der Waals surface area contributed by atoms with E-state index < -0.39 is 23.1 Å². The van der Waals surface area contributed by atoms with Crippen LogP contribution in [0.3, 0.4) is 0 Å². The van der Waals surface area contributed by atoms with Crippen LogP contribution in [0.1, 0.15) is 28.9 Å². The molecule has 214 valence electrons. The average molecular weight is 575 g/mol. The van der Waals surface area contributed by atoms with E-state index in [1.54, 1.807) is 22.9 Å². The number of halogens is 2. The van der Waals surface area contributed by atoms with Gasteiger partial charge in [-0.1, -0.05) is 0 Å². The van der Waals surface area contributed by atoms with Crippen LogP contribution in [0.4, 0.5) is 14.6 Å². The van der Waals surface area contributed by atoms with E-state index in [1.807, 2.05) is 0 Å². The minimum atomic E-state index is -0.775. The summed E-state index contributed by atoms with van der Waals surface area (Å²) in [5, 5.41) is 3.21. The molecule has 6 rings (SSSR count). The molecular weight excluding hydrogens is 550 g/mol. The van der Waals surface area contributed by atoms with Crippen LogP contribution >= 0.6 is 0 Å². The number of rotatable bonds is 7. The highest BCUT2D eigenvalue weighted by molar-refractivity contribution is 6.04. The third-order valence-electron chi connectivity index (χ3n) is 6.94. The molecule has 1 aliphatic rings. The fraction of sp³-hybridized carbons (Fsp3) is 0.207. The van der Waals surface area contributed by atoms with Crippen molar-refractivity contribution < 1.29 is 27.8 Å². The molecule has 0 atom stereocenters. The van der Waals surface area contributed by atoms with Crippen molar-refractivity contribution in [2.24, 2.45) is 0 Å². The fourth-order valence-corrected chi connectivity index (χ4v) is 4.99. The first-order valence-electron chi connectivity index (χ1n) is 13.0. The van der Waals surface area contributed by atoms with Crippen molar-refractivity contribution in [3.8, 4) is 28.8 Å². The van der Waals surface area contributed by atoms with Gasteiger partial charge in [-0.3, -0.25) is 14.3 Å². The van der Waals surface area contributed by atoms with E-state index in [-0.39, 0.29) is 22.9 Å². The summed E-state index contributed by atoms with van der Waals surface area (Å²) < 4.78 is 47.8. The van der Waals surface area contributed by atoms with Gasteiger partial charge in [0.25, 0.3) is 11.5 Å². The molecule has 0 aliphatic carbocycles. The SMILES string of the molecule is COc1cc2ncnc(Oc3ccc(NC(=O)c4c5n(n(-c6cc(F)ccc6F)c4=O)CCCC5)nc3)c2cc1OC. The van der Waals surface area contributed by atoms with Gasteiger partial charge in [0.05, 0.1) is 37.0 Å². The summed E-state index contributed by atoms with van der Waals surface area (Å²) in [7, 11) is 3.05. The molecule has 0 spiro atoms. The smallest absolute Gasteiger partial charge is 0.284 e. The molecule has 1 amide bonds. The summed E-state index contributed by atoms with van der Waals surface area (Å²) in [6.45, 7) is 0.383. The van der Waals surface area contributed by atoms with Crippen molar-refractivity contribution in [1.82, 2.24) is 24.3 Å². The monoisotopic (exact) mass is 574 g/mol. The van der Waals surface area contributed by atoms with Crippen molar-refractivity contribution in [2.45, 2.75) is 25.8 Å². The summed E-state index contributed by atoms with van der Waals surface area (Å²) >= 11 is 0. The summed E-state index contributed by atoms with van der Waals surface area (Å²) in [6.07, 6.45) is 4.65. The molecule has 11 nitrogen and oxygen atoms in total. The van der Waals surface area contributed by atoms with Gasteiger partial charge in [-0.25, -0.2) is 28.4 Å². The van der Waals surface area contributed by atoms with Crippen LogP contribution in [0.15, 0.2) is 59.8 Å². The van der Waals surface area contributed by atoms with Crippen molar-refractivity contribution in [3.05, 3.63) is 88.2 Å². The number of amides is 1. The van der Waals surface area contributed by atoms with Crippen molar-refractivity contribution in [3.63, 3.8) is 0 Å². The Balaban J connectivity index is 1.27. The van der Waals surface area contributed by atoms with E-state index in [1.165, 1.54) is 32.8 Å². The molecule has 0 unspecified atom stereocenters. The van der Waals surface area contributed by atoms with E-state index in [9.17, 15) is 18.4 Å². The number of benzene rings is 2. The maximum absolute atomic E-state index is 14.6. The molecule has 5 aromatic rings. The Morgan fingerprint density at radius 2 is 1.79 bits per heavy atom. The highest BCUT2D eigenvalue weighted by atomic mass is 19.1. The number of aromatic nitrogens is 5. The number of fused-ring (bicyclic) bond motifs is 2. The Morgan fingerprint density at radius 1 is 0.976 bits per heavy atom. The van der Waals surface area contributed by atoms with Gasteiger partial charge >= 0.3 is 0 Å². The van der Waals surface area contributed by atoms with Gasteiger partial charge in [0, 0.05) is 18.7 Å². The van der Waals surface area contributed by atoms with Crippen LogP contribution in [-0.2, 0) is 13.0 Å². The van der Waals surface area contributed by atoms with E-state index in [0.717, 1.165) is 35.7 Å². The van der Waals surface area contributed by atoms with E-state index >= 15 is 0 Å². The molecule has 3 aromatic heterocycles. The number of hydrogen-bond acceptors (Lipinski definition) is 8. The van der Waals surface area contributed by atoms with Crippen LogP contribution in [0.5, 0.6) is 23.1 Å². The quantitative estimate of drug-likeness (QED) is 0.298. The van der Waals surface area contributed by atoms with Crippen LogP contribution in [0, 0.1) is 11.6 Å². The number of nitrogens with zero attached hydrogens (tertiary/aromatic N) is 5. The van der Waals surface area contributed by atoms with Crippen molar-refractivity contribution in [2.75, 3.05) is 19.5 Å². The molecule has 0 fully saturated rings. The first kappa shape index (κ1) is 26.9. The predicted molar refractivity (Wildman–Crippen MR) is 148 cm³/mol. The van der Waals surface area contributed by atoms with Crippen LogP contribution < -0.4 is 25.1 Å². The molecule has 0 saturated carbocycles. The zero-order chi connectivity index (χ0) is 29.4. The molecule has 0 radical (unpaired) electrons. The van der Waals surface area contributed by atoms with Crippen LogP contribution in [-0.4, -0.2) is 44.4 Å². The molecule has 42 heavy (non-hydrogen) atoms. The Bertz CT molecular complexity index is 1890. The first-order valence-corrected chi connectivity index (χ1v) is 13.0. The number of hydrogen-bond donors (Lipinski definition) is 1. The van der Waals surface area contributed by atoms with E-state index in [4.69, 9.17) is 14.2 Å². The number of carbonyl (C=O) groups is 1. The molecule has 2 aromatic carbocycles. The Labute approximate surface area is 237 Å². The fourth-order valence-electron chi connectivity index (χ4n) is 4.99. The summed E-state index contributed by atoms with van der Waals surface area (Å²) in [5.41, 5.74) is -0.103. The lowest BCUT2D eigenvalue weighted by Crippen LogP contribution is -2.27. The minimum absolute atomic E-state index is 0.141. The Morgan fingerprint density at radius 3 is 2.55 bits per heavy atom. The Kier molecular flexibility index (Phi) is 6.98. The van der Waals surface area contributed by atoms with Gasteiger partial charge in [-0.05, 0) is 49.6 Å². The van der Waals surface area contributed by atoms with Gasteiger partial charge in [0.15, 0.2) is 11.5 Å². The lowest BCUT2D eigenvalue weighted by molar-refractivity contribution is 0.102. The highest BCUT2D eigenvalue weighted by Crippen LogP contribution is 2.35. The largest absolute Gasteiger partial charge is 0.493 e.